The Bertz CT molecular complexity index is 467. The lowest BCUT2D eigenvalue weighted by Crippen LogP contribution is -2.42. The standard InChI is InChI=1S/C18H28N2O3/c1-22-11-6-12-23-18(15-7-3-2-4-8-15)16-9-5-10-20(13-16)14-17(19)21/h2-4,7-8,16,18H,5-6,9-14H2,1H3,(H2,19,21)/t16-,18+/m1/s1. The van der Waals surface area contributed by atoms with Crippen LogP contribution in [0.4, 0.5) is 0 Å². The molecule has 1 aromatic rings. The Hall–Kier alpha value is -1.43. The second-order valence-electron chi connectivity index (χ2n) is 6.15. The van der Waals surface area contributed by atoms with Gasteiger partial charge in [-0.25, -0.2) is 0 Å². The fourth-order valence-electron chi connectivity index (χ4n) is 3.26. The van der Waals surface area contributed by atoms with Crippen LogP contribution < -0.4 is 5.73 Å². The smallest absolute Gasteiger partial charge is 0.231 e. The monoisotopic (exact) mass is 320 g/mol. The summed E-state index contributed by atoms with van der Waals surface area (Å²) < 4.78 is 11.3. The second-order valence-corrected chi connectivity index (χ2v) is 6.15. The van der Waals surface area contributed by atoms with Crippen molar-refractivity contribution in [2.24, 2.45) is 11.7 Å². The van der Waals surface area contributed by atoms with E-state index in [2.05, 4.69) is 17.0 Å². The maximum atomic E-state index is 11.2. The van der Waals surface area contributed by atoms with Crippen LogP contribution in [0.1, 0.15) is 30.9 Å². The van der Waals surface area contributed by atoms with Crippen LogP contribution in [0.15, 0.2) is 30.3 Å². The van der Waals surface area contributed by atoms with Gasteiger partial charge in [-0.15, -0.1) is 0 Å². The number of rotatable bonds is 9. The topological polar surface area (TPSA) is 64.8 Å². The molecule has 2 N–H and O–H groups in total. The highest BCUT2D eigenvalue weighted by Gasteiger charge is 2.29. The summed E-state index contributed by atoms with van der Waals surface area (Å²) in [5.74, 6) is 0.121. The highest BCUT2D eigenvalue weighted by atomic mass is 16.5. The molecule has 0 saturated carbocycles. The molecule has 23 heavy (non-hydrogen) atoms. The molecule has 1 aliphatic heterocycles. The van der Waals surface area contributed by atoms with Gasteiger partial charge in [-0.2, -0.15) is 0 Å². The number of carbonyl (C=O) groups is 1. The molecule has 5 nitrogen and oxygen atoms in total. The van der Waals surface area contributed by atoms with E-state index in [1.807, 2.05) is 18.2 Å². The molecule has 2 rings (SSSR count). The molecule has 1 heterocycles. The summed E-state index contributed by atoms with van der Waals surface area (Å²) in [6.45, 7) is 3.51. The summed E-state index contributed by atoms with van der Waals surface area (Å²) in [6.07, 6.45) is 3.13. The molecule has 1 aliphatic rings. The Morgan fingerprint density at radius 1 is 1.35 bits per heavy atom. The molecular formula is C18H28N2O3. The van der Waals surface area contributed by atoms with Crippen molar-refractivity contribution >= 4 is 5.91 Å². The minimum absolute atomic E-state index is 0.0590. The van der Waals surface area contributed by atoms with Crippen LogP contribution in [0, 0.1) is 5.92 Å². The molecule has 1 fully saturated rings. The molecule has 1 aromatic carbocycles. The Balaban J connectivity index is 2.01. The first-order chi connectivity index (χ1) is 11.2. The third-order valence-electron chi connectivity index (χ3n) is 4.27. The van der Waals surface area contributed by atoms with E-state index in [9.17, 15) is 4.79 Å². The van der Waals surface area contributed by atoms with Crippen molar-refractivity contribution in [3.8, 4) is 0 Å². The maximum Gasteiger partial charge on any atom is 0.231 e. The first kappa shape index (κ1) is 17.9. The van der Waals surface area contributed by atoms with E-state index in [4.69, 9.17) is 15.2 Å². The number of methoxy groups -OCH3 is 1. The Kier molecular flexibility index (Phi) is 7.52. The normalized spacial score (nSPS) is 20.3. The first-order valence-corrected chi connectivity index (χ1v) is 8.37. The van der Waals surface area contributed by atoms with Gasteiger partial charge in [-0.3, -0.25) is 9.69 Å². The lowest BCUT2D eigenvalue weighted by molar-refractivity contribution is -0.120. The van der Waals surface area contributed by atoms with Crippen molar-refractivity contribution in [1.29, 1.82) is 0 Å². The largest absolute Gasteiger partial charge is 0.385 e. The molecule has 128 valence electrons. The van der Waals surface area contributed by atoms with E-state index in [1.165, 1.54) is 5.56 Å². The zero-order valence-electron chi connectivity index (χ0n) is 13.9. The van der Waals surface area contributed by atoms with Crippen LogP contribution in [0.3, 0.4) is 0 Å². The van der Waals surface area contributed by atoms with Crippen LogP contribution in [-0.2, 0) is 14.3 Å². The van der Waals surface area contributed by atoms with E-state index < -0.39 is 0 Å². The third kappa shape index (κ3) is 5.94. The number of piperidine rings is 1. The fraction of sp³-hybridized carbons (Fsp3) is 0.611. The van der Waals surface area contributed by atoms with Crippen molar-refractivity contribution in [3.05, 3.63) is 35.9 Å². The van der Waals surface area contributed by atoms with Gasteiger partial charge < -0.3 is 15.2 Å². The molecule has 0 aliphatic carbocycles. The predicted octanol–water partition coefficient (Wildman–Crippen LogP) is 1.98. The number of hydrogen-bond acceptors (Lipinski definition) is 4. The summed E-state index contributed by atoms with van der Waals surface area (Å²) in [4.78, 5) is 13.3. The summed E-state index contributed by atoms with van der Waals surface area (Å²) in [5, 5.41) is 0. The number of hydrogen-bond donors (Lipinski definition) is 1. The van der Waals surface area contributed by atoms with Crippen LogP contribution in [0.25, 0.3) is 0 Å². The number of likely N-dealkylation sites (tertiary alicyclic amines) is 1. The molecule has 1 amide bonds. The Morgan fingerprint density at radius 2 is 2.13 bits per heavy atom. The number of primary amides is 1. The van der Waals surface area contributed by atoms with Gasteiger partial charge in [-0.05, 0) is 31.4 Å². The van der Waals surface area contributed by atoms with E-state index in [0.717, 1.165) is 32.4 Å². The number of carbonyl (C=O) groups excluding carboxylic acids is 1. The van der Waals surface area contributed by atoms with Crippen molar-refractivity contribution in [3.63, 3.8) is 0 Å². The van der Waals surface area contributed by atoms with Gasteiger partial charge in [0.2, 0.25) is 5.91 Å². The average Bonchev–Trinajstić information content (AvgIpc) is 2.55. The van der Waals surface area contributed by atoms with Gasteiger partial charge >= 0.3 is 0 Å². The summed E-state index contributed by atoms with van der Waals surface area (Å²) in [7, 11) is 1.71. The molecule has 0 radical (unpaired) electrons. The highest BCUT2D eigenvalue weighted by molar-refractivity contribution is 5.75. The number of amides is 1. The lowest BCUT2D eigenvalue weighted by Gasteiger charge is -2.36. The summed E-state index contributed by atoms with van der Waals surface area (Å²) in [5.41, 5.74) is 6.55. The minimum atomic E-state index is -0.261. The van der Waals surface area contributed by atoms with Gasteiger partial charge in [0, 0.05) is 32.8 Å². The minimum Gasteiger partial charge on any atom is -0.385 e. The molecule has 0 spiro atoms. The van der Waals surface area contributed by atoms with E-state index in [1.54, 1.807) is 7.11 Å². The van der Waals surface area contributed by atoms with Gasteiger partial charge in [0.05, 0.1) is 12.6 Å². The Labute approximate surface area is 138 Å². The van der Waals surface area contributed by atoms with E-state index in [-0.39, 0.29) is 12.0 Å². The predicted molar refractivity (Wildman–Crippen MR) is 90.0 cm³/mol. The zero-order chi connectivity index (χ0) is 16.5. The van der Waals surface area contributed by atoms with Crippen LogP contribution in [-0.4, -0.2) is 50.8 Å². The zero-order valence-corrected chi connectivity index (χ0v) is 13.9. The molecule has 0 unspecified atom stereocenters. The fourth-order valence-corrected chi connectivity index (χ4v) is 3.26. The lowest BCUT2D eigenvalue weighted by atomic mass is 9.88. The quantitative estimate of drug-likeness (QED) is 0.707. The van der Waals surface area contributed by atoms with Gasteiger partial charge in [0.25, 0.3) is 0 Å². The van der Waals surface area contributed by atoms with Crippen LogP contribution in [0.5, 0.6) is 0 Å². The molecule has 1 saturated heterocycles. The molecule has 0 aromatic heterocycles. The van der Waals surface area contributed by atoms with Crippen molar-refractivity contribution in [2.45, 2.75) is 25.4 Å². The SMILES string of the molecule is COCCCO[C@@H](c1ccccc1)[C@@H]1CCCN(CC(N)=O)C1. The molecule has 2 atom stereocenters. The molecular weight excluding hydrogens is 292 g/mol. The summed E-state index contributed by atoms with van der Waals surface area (Å²) in [6, 6.07) is 10.4. The molecule has 5 heteroatoms. The van der Waals surface area contributed by atoms with Crippen LogP contribution >= 0.6 is 0 Å². The number of ether oxygens (including phenoxy) is 2. The summed E-state index contributed by atoms with van der Waals surface area (Å²) >= 11 is 0. The molecule has 0 bridgehead atoms. The van der Waals surface area contributed by atoms with E-state index >= 15 is 0 Å². The van der Waals surface area contributed by atoms with Crippen molar-refractivity contribution in [1.82, 2.24) is 4.90 Å². The average molecular weight is 320 g/mol. The first-order valence-electron chi connectivity index (χ1n) is 8.37. The van der Waals surface area contributed by atoms with Crippen LogP contribution in [0.2, 0.25) is 0 Å². The van der Waals surface area contributed by atoms with Crippen molar-refractivity contribution in [2.75, 3.05) is 40.0 Å². The van der Waals surface area contributed by atoms with Gasteiger partial charge in [0.1, 0.15) is 0 Å². The Morgan fingerprint density at radius 3 is 2.83 bits per heavy atom. The van der Waals surface area contributed by atoms with E-state index in [0.29, 0.717) is 25.7 Å². The highest BCUT2D eigenvalue weighted by Crippen LogP contribution is 2.32. The second kappa shape index (κ2) is 9.65. The number of nitrogens with two attached hydrogens (primary N) is 1. The maximum absolute atomic E-state index is 11.2. The van der Waals surface area contributed by atoms with Gasteiger partial charge in [-0.1, -0.05) is 30.3 Å². The van der Waals surface area contributed by atoms with Gasteiger partial charge in [0.15, 0.2) is 0 Å². The number of benzene rings is 1. The van der Waals surface area contributed by atoms with Crippen molar-refractivity contribution < 1.29 is 14.3 Å². The third-order valence-corrected chi connectivity index (χ3v) is 4.27. The number of nitrogens with zero attached hydrogens (tertiary/aromatic N) is 1.